The van der Waals surface area contributed by atoms with E-state index in [1.807, 2.05) is 12.1 Å². The number of rotatable bonds is 5. The largest absolute Gasteiger partial charge is 0.487 e. The standard InChI is InChI=1S/C15H15NO3/c1-2-11-3-5-12(6-4-11)10-19-14-7-13(15(17)18)8-16-9-14/h3-9H,2,10H2,1H3,(H,17,18). The van der Waals surface area contributed by atoms with Crippen molar-refractivity contribution in [1.82, 2.24) is 4.98 Å². The second-order valence-electron chi connectivity index (χ2n) is 4.17. The predicted molar refractivity (Wildman–Crippen MR) is 71.3 cm³/mol. The number of aromatic carboxylic acids is 1. The summed E-state index contributed by atoms with van der Waals surface area (Å²) in [5.41, 5.74) is 2.44. The van der Waals surface area contributed by atoms with Crippen molar-refractivity contribution in [2.45, 2.75) is 20.0 Å². The SMILES string of the molecule is CCc1ccc(COc2cncc(C(=O)O)c2)cc1. The first-order valence-electron chi connectivity index (χ1n) is 6.08. The second-order valence-corrected chi connectivity index (χ2v) is 4.17. The lowest BCUT2D eigenvalue weighted by Crippen LogP contribution is -2.00. The van der Waals surface area contributed by atoms with Crippen LogP contribution in [0.4, 0.5) is 0 Å². The molecule has 0 radical (unpaired) electrons. The number of carbonyl (C=O) groups is 1. The Bertz CT molecular complexity index is 564. The van der Waals surface area contributed by atoms with E-state index in [-0.39, 0.29) is 5.56 Å². The molecule has 1 aromatic heterocycles. The van der Waals surface area contributed by atoms with E-state index in [1.54, 1.807) is 0 Å². The summed E-state index contributed by atoms with van der Waals surface area (Å²) in [5, 5.41) is 8.86. The molecule has 4 nitrogen and oxygen atoms in total. The number of ether oxygens (including phenoxy) is 1. The first-order valence-corrected chi connectivity index (χ1v) is 6.08. The van der Waals surface area contributed by atoms with Gasteiger partial charge in [-0.3, -0.25) is 4.98 Å². The molecule has 1 N–H and O–H groups in total. The fourth-order valence-electron chi connectivity index (χ4n) is 1.65. The lowest BCUT2D eigenvalue weighted by molar-refractivity contribution is 0.0696. The highest BCUT2D eigenvalue weighted by molar-refractivity contribution is 5.87. The molecule has 2 aromatic rings. The smallest absolute Gasteiger partial charge is 0.337 e. The van der Waals surface area contributed by atoms with Crippen molar-refractivity contribution < 1.29 is 14.6 Å². The minimum Gasteiger partial charge on any atom is -0.487 e. The highest BCUT2D eigenvalue weighted by atomic mass is 16.5. The van der Waals surface area contributed by atoms with Gasteiger partial charge in [-0.1, -0.05) is 31.2 Å². The summed E-state index contributed by atoms with van der Waals surface area (Å²) in [5.74, 6) is -0.551. The van der Waals surface area contributed by atoms with Gasteiger partial charge in [-0.2, -0.15) is 0 Å². The Morgan fingerprint density at radius 1 is 1.21 bits per heavy atom. The molecule has 0 amide bonds. The van der Waals surface area contributed by atoms with Gasteiger partial charge >= 0.3 is 5.97 Å². The van der Waals surface area contributed by atoms with Gasteiger partial charge in [-0.15, -0.1) is 0 Å². The summed E-state index contributed by atoms with van der Waals surface area (Å²) < 4.78 is 5.53. The molecule has 0 unspecified atom stereocenters. The number of benzene rings is 1. The first kappa shape index (κ1) is 13.1. The number of aryl methyl sites for hydroxylation is 1. The average molecular weight is 257 g/mol. The van der Waals surface area contributed by atoms with Crippen molar-refractivity contribution in [3.63, 3.8) is 0 Å². The molecule has 0 saturated carbocycles. The van der Waals surface area contributed by atoms with E-state index in [1.165, 1.54) is 24.0 Å². The molecule has 1 heterocycles. The van der Waals surface area contributed by atoms with Crippen LogP contribution in [0.1, 0.15) is 28.4 Å². The van der Waals surface area contributed by atoms with Gasteiger partial charge in [-0.05, 0) is 23.6 Å². The van der Waals surface area contributed by atoms with Crippen LogP contribution in [0.5, 0.6) is 5.75 Å². The Morgan fingerprint density at radius 2 is 1.89 bits per heavy atom. The second kappa shape index (κ2) is 6.00. The van der Waals surface area contributed by atoms with Crippen LogP contribution in [-0.4, -0.2) is 16.1 Å². The molecule has 19 heavy (non-hydrogen) atoms. The number of hydrogen-bond acceptors (Lipinski definition) is 3. The molecule has 0 aliphatic carbocycles. The zero-order valence-electron chi connectivity index (χ0n) is 10.7. The molecule has 98 valence electrons. The molecule has 1 aromatic carbocycles. The maximum atomic E-state index is 10.8. The Balaban J connectivity index is 2.01. The maximum Gasteiger partial charge on any atom is 0.337 e. The monoisotopic (exact) mass is 257 g/mol. The van der Waals surface area contributed by atoms with Crippen molar-refractivity contribution >= 4 is 5.97 Å². The van der Waals surface area contributed by atoms with Crippen molar-refractivity contribution in [1.29, 1.82) is 0 Å². The number of aromatic nitrogens is 1. The van der Waals surface area contributed by atoms with Gasteiger partial charge in [-0.25, -0.2) is 4.79 Å². The molecule has 2 rings (SSSR count). The highest BCUT2D eigenvalue weighted by Crippen LogP contribution is 2.14. The Labute approximate surface area is 111 Å². The maximum absolute atomic E-state index is 10.8. The van der Waals surface area contributed by atoms with E-state index in [0.29, 0.717) is 12.4 Å². The molecular weight excluding hydrogens is 242 g/mol. The van der Waals surface area contributed by atoms with Crippen molar-refractivity contribution in [3.05, 3.63) is 59.4 Å². The zero-order valence-corrected chi connectivity index (χ0v) is 10.7. The molecule has 0 saturated heterocycles. The van der Waals surface area contributed by atoms with Crippen LogP contribution in [-0.2, 0) is 13.0 Å². The third-order valence-corrected chi connectivity index (χ3v) is 2.80. The average Bonchev–Trinajstić information content (AvgIpc) is 2.46. The Hall–Kier alpha value is -2.36. The highest BCUT2D eigenvalue weighted by Gasteiger charge is 2.05. The van der Waals surface area contributed by atoms with Crippen LogP contribution in [0.25, 0.3) is 0 Å². The first-order chi connectivity index (χ1) is 9.19. The third kappa shape index (κ3) is 3.55. The molecule has 0 bridgehead atoms. The fourth-order valence-corrected chi connectivity index (χ4v) is 1.65. The fraction of sp³-hybridized carbons (Fsp3) is 0.200. The molecule has 0 atom stereocenters. The summed E-state index contributed by atoms with van der Waals surface area (Å²) >= 11 is 0. The van der Waals surface area contributed by atoms with Crippen LogP contribution in [0.15, 0.2) is 42.7 Å². The van der Waals surface area contributed by atoms with Gasteiger partial charge in [0.15, 0.2) is 0 Å². The zero-order chi connectivity index (χ0) is 13.7. The van der Waals surface area contributed by atoms with E-state index >= 15 is 0 Å². The van der Waals surface area contributed by atoms with Gasteiger partial charge in [0.25, 0.3) is 0 Å². The quantitative estimate of drug-likeness (QED) is 0.894. The number of pyridine rings is 1. The lowest BCUT2D eigenvalue weighted by atomic mass is 10.1. The van der Waals surface area contributed by atoms with Crippen LogP contribution >= 0.6 is 0 Å². The van der Waals surface area contributed by atoms with E-state index in [0.717, 1.165) is 12.0 Å². The van der Waals surface area contributed by atoms with Crippen LogP contribution in [0.3, 0.4) is 0 Å². The number of hydrogen-bond donors (Lipinski definition) is 1. The van der Waals surface area contributed by atoms with Crippen LogP contribution < -0.4 is 4.74 Å². The normalized spacial score (nSPS) is 10.2. The van der Waals surface area contributed by atoms with Crippen molar-refractivity contribution in [3.8, 4) is 5.75 Å². The summed E-state index contributed by atoms with van der Waals surface area (Å²) in [4.78, 5) is 14.6. The third-order valence-electron chi connectivity index (χ3n) is 2.80. The number of nitrogens with zero attached hydrogens (tertiary/aromatic N) is 1. The minimum absolute atomic E-state index is 0.124. The van der Waals surface area contributed by atoms with E-state index in [9.17, 15) is 4.79 Å². The summed E-state index contributed by atoms with van der Waals surface area (Å²) in [6, 6.07) is 9.60. The molecule has 4 heteroatoms. The molecule has 0 fully saturated rings. The molecule has 0 aliphatic rings. The summed E-state index contributed by atoms with van der Waals surface area (Å²) in [6.07, 6.45) is 3.81. The molecular formula is C15H15NO3. The minimum atomic E-state index is -1.01. The molecule has 0 aliphatic heterocycles. The van der Waals surface area contributed by atoms with Crippen molar-refractivity contribution in [2.24, 2.45) is 0 Å². The summed E-state index contributed by atoms with van der Waals surface area (Å²) in [7, 11) is 0. The van der Waals surface area contributed by atoms with Crippen LogP contribution in [0.2, 0.25) is 0 Å². The topological polar surface area (TPSA) is 59.4 Å². The van der Waals surface area contributed by atoms with E-state index in [2.05, 4.69) is 24.0 Å². The molecule has 0 spiro atoms. The summed E-state index contributed by atoms with van der Waals surface area (Å²) in [6.45, 7) is 2.50. The Morgan fingerprint density at radius 3 is 2.53 bits per heavy atom. The van der Waals surface area contributed by atoms with Gasteiger partial charge in [0.05, 0.1) is 11.8 Å². The van der Waals surface area contributed by atoms with E-state index < -0.39 is 5.97 Å². The number of carboxylic acid groups (broad SMARTS) is 1. The van der Waals surface area contributed by atoms with Crippen molar-refractivity contribution in [2.75, 3.05) is 0 Å². The predicted octanol–water partition coefficient (Wildman–Crippen LogP) is 2.92. The van der Waals surface area contributed by atoms with Gasteiger partial charge in [0.2, 0.25) is 0 Å². The van der Waals surface area contributed by atoms with E-state index in [4.69, 9.17) is 9.84 Å². The Kier molecular flexibility index (Phi) is 4.13. The van der Waals surface area contributed by atoms with Crippen LogP contribution in [0, 0.1) is 0 Å². The van der Waals surface area contributed by atoms with Gasteiger partial charge in [0.1, 0.15) is 12.4 Å². The van der Waals surface area contributed by atoms with Gasteiger partial charge in [0, 0.05) is 6.20 Å². The van der Waals surface area contributed by atoms with Gasteiger partial charge < -0.3 is 9.84 Å². The number of carboxylic acids is 1. The lowest BCUT2D eigenvalue weighted by Gasteiger charge is -2.07.